The van der Waals surface area contributed by atoms with Crippen LogP contribution in [-0.2, 0) is 18.8 Å². The molecule has 0 saturated heterocycles. The Balaban J connectivity index is 2.50. The highest BCUT2D eigenvalue weighted by Gasteiger charge is 2.33. The van der Waals surface area contributed by atoms with Crippen molar-refractivity contribution in [3.63, 3.8) is 0 Å². The van der Waals surface area contributed by atoms with Crippen LogP contribution in [0.2, 0.25) is 0 Å². The summed E-state index contributed by atoms with van der Waals surface area (Å²) in [5.74, 6) is 0. The maximum Gasteiger partial charge on any atom is 0.433 e. The van der Waals surface area contributed by atoms with Crippen LogP contribution < -0.4 is 0 Å². The summed E-state index contributed by atoms with van der Waals surface area (Å²) in [7, 11) is 0. The third kappa shape index (κ3) is 4.00. The molecule has 1 heterocycles. The van der Waals surface area contributed by atoms with Gasteiger partial charge in [0.15, 0.2) is 0 Å². The van der Waals surface area contributed by atoms with Crippen LogP contribution in [0.25, 0.3) is 11.3 Å². The summed E-state index contributed by atoms with van der Waals surface area (Å²) in [5, 5.41) is 8.62. The fourth-order valence-corrected chi connectivity index (χ4v) is 1.90. The Morgan fingerprint density at radius 1 is 0.913 bits per heavy atom. The topological polar surface area (TPSA) is 36.7 Å². The molecule has 0 aliphatic rings. The molecule has 2 aromatic rings. The van der Waals surface area contributed by atoms with E-state index in [4.69, 9.17) is 5.26 Å². The third-order valence-corrected chi connectivity index (χ3v) is 2.97. The molecule has 2 rings (SSSR count). The van der Waals surface area contributed by atoms with E-state index in [1.807, 2.05) is 0 Å². The molecule has 0 fully saturated rings. The van der Waals surface area contributed by atoms with Crippen molar-refractivity contribution in [3.8, 4) is 17.3 Å². The number of benzene rings is 1. The smallest absolute Gasteiger partial charge is 0.243 e. The fourth-order valence-electron chi connectivity index (χ4n) is 1.90. The summed E-state index contributed by atoms with van der Waals surface area (Å²) in [6, 6.07) is 7.34. The van der Waals surface area contributed by atoms with Crippen LogP contribution >= 0.6 is 0 Å². The second kappa shape index (κ2) is 5.91. The lowest BCUT2D eigenvalue weighted by molar-refractivity contribution is -0.141. The van der Waals surface area contributed by atoms with Gasteiger partial charge >= 0.3 is 12.4 Å². The van der Waals surface area contributed by atoms with Gasteiger partial charge in [-0.15, -0.1) is 0 Å². The molecular weight excluding hydrogens is 322 g/mol. The van der Waals surface area contributed by atoms with Gasteiger partial charge in [-0.1, -0.05) is 12.1 Å². The van der Waals surface area contributed by atoms with Crippen LogP contribution in [-0.4, -0.2) is 4.98 Å². The van der Waals surface area contributed by atoms with Crippen molar-refractivity contribution in [2.24, 2.45) is 0 Å². The summed E-state index contributed by atoms with van der Waals surface area (Å²) < 4.78 is 76.0. The normalized spacial score (nSPS) is 12.0. The molecule has 23 heavy (non-hydrogen) atoms. The van der Waals surface area contributed by atoms with E-state index < -0.39 is 23.6 Å². The van der Waals surface area contributed by atoms with Crippen molar-refractivity contribution in [1.82, 2.24) is 4.98 Å². The van der Waals surface area contributed by atoms with E-state index in [-0.39, 0.29) is 23.2 Å². The SMILES string of the molecule is N#CCc1cc(-c2ccc(C(F)(F)F)cc2)nc(C(F)(F)F)c1. The van der Waals surface area contributed by atoms with Gasteiger partial charge in [-0.25, -0.2) is 4.98 Å². The quantitative estimate of drug-likeness (QED) is 0.738. The predicted octanol–water partition coefficient (Wildman–Crippen LogP) is 4.85. The molecule has 0 aliphatic heterocycles. The second-order valence-electron chi connectivity index (χ2n) is 4.65. The first-order valence-electron chi connectivity index (χ1n) is 6.24. The Bertz CT molecular complexity index is 739. The lowest BCUT2D eigenvalue weighted by Gasteiger charge is -2.11. The average Bonchev–Trinajstić information content (AvgIpc) is 2.45. The van der Waals surface area contributed by atoms with Crippen molar-refractivity contribution in [2.75, 3.05) is 0 Å². The molecule has 0 spiro atoms. The molecule has 0 saturated carbocycles. The average molecular weight is 330 g/mol. The number of nitrogens with zero attached hydrogens (tertiary/aromatic N) is 2. The van der Waals surface area contributed by atoms with Crippen molar-refractivity contribution >= 4 is 0 Å². The molecule has 8 heteroatoms. The monoisotopic (exact) mass is 330 g/mol. The number of alkyl halides is 6. The standard InChI is InChI=1S/C15H8F6N2/c16-14(17,18)11-3-1-10(2-4-11)12-7-9(5-6-22)8-13(23-12)15(19,20)21/h1-4,7-8H,5H2. The molecule has 0 unspecified atom stereocenters. The van der Waals surface area contributed by atoms with Crippen molar-refractivity contribution in [3.05, 3.63) is 53.2 Å². The Hall–Kier alpha value is -2.56. The molecule has 0 N–H and O–H groups in total. The van der Waals surface area contributed by atoms with E-state index in [0.717, 1.165) is 30.3 Å². The van der Waals surface area contributed by atoms with E-state index in [9.17, 15) is 26.3 Å². The maximum absolute atomic E-state index is 12.8. The largest absolute Gasteiger partial charge is 0.433 e. The number of halogens is 6. The Morgan fingerprint density at radius 2 is 1.52 bits per heavy atom. The van der Waals surface area contributed by atoms with E-state index in [2.05, 4.69) is 4.98 Å². The number of rotatable bonds is 2. The highest BCUT2D eigenvalue weighted by Crippen LogP contribution is 2.33. The second-order valence-corrected chi connectivity index (χ2v) is 4.65. The van der Waals surface area contributed by atoms with Gasteiger partial charge in [0, 0.05) is 5.56 Å². The number of aromatic nitrogens is 1. The zero-order valence-electron chi connectivity index (χ0n) is 11.3. The summed E-state index contributed by atoms with van der Waals surface area (Å²) in [5.41, 5.74) is -2.06. The summed E-state index contributed by atoms with van der Waals surface area (Å²) in [6.07, 6.45) is -9.52. The third-order valence-electron chi connectivity index (χ3n) is 2.97. The molecule has 0 amide bonds. The van der Waals surface area contributed by atoms with Gasteiger partial charge < -0.3 is 0 Å². The van der Waals surface area contributed by atoms with Gasteiger partial charge in [0.25, 0.3) is 0 Å². The van der Waals surface area contributed by atoms with Gasteiger partial charge in [0.2, 0.25) is 0 Å². The van der Waals surface area contributed by atoms with Gasteiger partial charge in [-0.05, 0) is 29.8 Å². The molecule has 0 atom stereocenters. The van der Waals surface area contributed by atoms with E-state index in [1.54, 1.807) is 6.07 Å². The van der Waals surface area contributed by atoms with E-state index in [1.165, 1.54) is 6.07 Å². The zero-order valence-corrected chi connectivity index (χ0v) is 11.3. The molecule has 0 radical (unpaired) electrons. The van der Waals surface area contributed by atoms with E-state index in [0.29, 0.717) is 0 Å². The Labute approximate surface area is 127 Å². The van der Waals surface area contributed by atoms with Gasteiger partial charge in [0.05, 0.1) is 23.7 Å². The highest BCUT2D eigenvalue weighted by atomic mass is 19.4. The molecule has 1 aromatic carbocycles. The van der Waals surface area contributed by atoms with Crippen LogP contribution in [0.5, 0.6) is 0 Å². The maximum atomic E-state index is 12.8. The minimum absolute atomic E-state index is 0.0877. The first-order chi connectivity index (χ1) is 10.6. The van der Waals surface area contributed by atoms with Crippen LogP contribution in [0, 0.1) is 11.3 Å². The predicted molar refractivity (Wildman–Crippen MR) is 69.0 cm³/mol. The number of hydrogen-bond donors (Lipinski definition) is 0. The summed E-state index contributed by atoms with van der Waals surface area (Å²) in [4.78, 5) is 3.43. The number of nitriles is 1. The Kier molecular flexibility index (Phi) is 4.32. The van der Waals surface area contributed by atoms with Crippen LogP contribution in [0.4, 0.5) is 26.3 Å². The fraction of sp³-hybridized carbons (Fsp3) is 0.200. The molecule has 2 nitrogen and oxygen atoms in total. The van der Waals surface area contributed by atoms with Crippen molar-refractivity contribution in [2.45, 2.75) is 18.8 Å². The van der Waals surface area contributed by atoms with E-state index >= 15 is 0 Å². The van der Waals surface area contributed by atoms with Crippen LogP contribution in [0.1, 0.15) is 16.8 Å². The van der Waals surface area contributed by atoms with Crippen LogP contribution in [0.3, 0.4) is 0 Å². The number of hydrogen-bond acceptors (Lipinski definition) is 2. The van der Waals surface area contributed by atoms with Crippen molar-refractivity contribution in [1.29, 1.82) is 5.26 Å². The molecule has 1 aromatic heterocycles. The van der Waals surface area contributed by atoms with Gasteiger partial charge in [0.1, 0.15) is 5.69 Å². The van der Waals surface area contributed by atoms with Gasteiger partial charge in [-0.3, -0.25) is 0 Å². The lowest BCUT2D eigenvalue weighted by atomic mass is 10.0. The first-order valence-corrected chi connectivity index (χ1v) is 6.24. The molecular formula is C15H8F6N2. The number of pyridine rings is 1. The van der Waals surface area contributed by atoms with Crippen LogP contribution in [0.15, 0.2) is 36.4 Å². The van der Waals surface area contributed by atoms with Gasteiger partial charge in [-0.2, -0.15) is 31.6 Å². The molecule has 0 aliphatic carbocycles. The first kappa shape index (κ1) is 16.8. The minimum atomic E-state index is -4.72. The molecule has 0 bridgehead atoms. The minimum Gasteiger partial charge on any atom is -0.243 e. The summed E-state index contributed by atoms with van der Waals surface area (Å²) >= 11 is 0. The highest BCUT2D eigenvalue weighted by molar-refractivity contribution is 5.61. The van der Waals surface area contributed by atoms with Crippen molar-refractivity contribution < 1.29 is 26.3 Å². The lowest BCUT2D eigenvalue weighted by Crippen LogP contribution is -2.09. The molecule has 120 valence electrons. The zero-order chi connectivity index (χ0) is 17.3. The summed E-state index contributed by atoms with van der Waals surface area (Å²) in [6.45, 7) is 0. The Morgan fingerprint density at radius 3 is 2.00 bits per heavy atom.